The lowest BCUT2D eigenvalue weighted by atomic mass is 10.0. The van der Waals surface area contributed by atoms with E-state index >= 15 is 4.39 Å². The number of halogens is 1. The Balaban J connectivity index is 1.66. The van der Waals surface area contributed by atoms with Crippen LogP contribution in [0, 0.1) is 5.82 Å². The smallest absolute Gasteiger partial charge is 0.416 e. The Morgan fingerprint density at radius 3 is 2.61 bits per heavy atom. The van der Waals surface area contributed by atoms with Gasteiger partial charge in [-0.15, -0.1) is 0 Å². The number of fused-ring (bicyclic) bond motifs is 1. The van der Waals surface area contributed by atoms with E-state index in [1.54, 1.807) is 6.07 Å². The first-order valence-electron chi connectivity index (χ1n) is 10.4. The maximum Gasteiger partial charge on any atom is 0.416 e. The molecule has 11 heteroatoms. The standard InChI is InChI=1S/C20H25FN4O6/c1-10-7-24(8-11(2)30-10)16-13(19-27-3-4-28-19)5-14-17(15(16)21)31-23-18(14)25-12(6-22)9-29-20(25)26/h5,10-12,19H,3-4,6-9,22H2,1-2H3/t10-,11-,12+/m1/s1. The van der Waals surface area contributed by atoms with Gasteiger partial charge >= 0.3 is 6.09 Å². The molecule has 1 aromatic heterocycles. The summed E-state index contributed by atoms with van der Waals surface area (Å²) in [5, 5.41) is 4.34. The average molecular weight is 436 g/mol. The molecule has 3 saturated heterocycles. The van der Waals surface area contributed by atoms with Crippen LogP contribution >= 0.6 is 0 Å². The molecule has 3 aliphatic rings. The molecule has 1 aromatic carbocycles. The van der Waals surface area contributed by atoms with Gasteiger partial charge in [-0.25, -0.2) is 9.18 Å². The van der Waals surface area contributed by atoms with Gasteiger partial charge in [-0.3, -0.25) is 4.90 Å². The Labute approximate surface area is 177 Å². The van der Waals surface area contributed by atoms with Crippen molar-refractivity contribution in [3.8, 4) is 0 Å². The molecular weight excluding hydrogens is 411 g/mol. The van der Waals surface area contributed by atoms with Crippen LogP contribution in [0.3, 0.4) is 0 Å². The summed E-state index contributed by atoms with van der Waals surface area (Å²) in [6.07, 6.45) is -1.49. The van der Waals surface area contributed by atoms with Crippen LogP contribution in [0.4, 0.5) is 20.7 Å². The number of aromatic nitrogens is 1. The number of carbonyl (C=O) groups is 1. The number of rotatable bonds is 4. The molecule has 0 aliphatic carbocycles. The van der Waals surface area contributed by atoms with Gasteiger partial charge in [0.2, 0.25) is 5.58 Å². The minimum absolute atomic E-state index is 0.0472. The van der Waals surface area contributed by atoms with Crippen molar-refractivity contribution in [1.82, 2.24) is 5.16 Å². The van der Waals surface area contributed by atoms with E-state index in [4.69, 9.17) is 29.2 Å². The molecule has 3 fully saturated rings. The molecule has 1 amide bonds. The van der Waals surface area contributed by atoms with Gasteiger partial charge in [-0.2, -0.15) is 0 Å². The number of nitrogens with two attached hydrogens (primary N) is 1. The third-order valence-corrected chi connectivity index (χ3v) is 5.76. The van der Waals surface area contributed by atoms with Gasteiger partial charge in [-0.1, -0.05) is 5.16 Å². The molecule has 0 bridgehead atoms. The van der Waals surface area contributed by atoms with Crippen LogP contribution in [0.25, 0.3) is 11.0 Å². The summed E-state index contributed by atoms with van der Waals surface area (Å²) in [6.45, 7) is 6.01. The second-order valence-corrected chi connectivity index (χ2v) is 8.08. The number of cyclic esters (lactones) is 1. The lowest BCUT2D eigenvalue weighted by Crippen LogP contribution is -2.46. The summed E-state index contributed by atoms with van der Waals surface area (Å²) in [5.74, 6) is -0.412. The largest absolute Gasteiger partial charge is 0.447 e. The van der Waals surface area contributed by atoms with Crippen LogP contribution in [0.5, 0.6) is 0 Å². The van der Waals surface area contributed by atoms with E-state index in [2.05, 4.69) is 5.16 Å². The zero-order valence-electron chi connectivity index (χ0n) is 17.4. The number of amides is 1. The van der Waals surface area contributed by atoms with Gasteiger partial charge in [0.05, 0.1) is 42.5 Å². The molecule has 0 unspecified atom stereocenters. The SMILES string of the molecule is C[C@@H]1CN(c2c(C3OCCO3)cc3c(N4C(=O)OC[C@@H]4CN)noc3c2F)C[C@@H](C)O1. The zero-order valence-corrected chi connectivity index (χ0v) is 17.4. The lowest BCUT2D eigenvalue weighted by Gasteiger charge is -2.38. The summed E-state index contributed by atoms with van der Waals surface area (Å²) in [4.78, 5) is 15.5. The second kappa shape index (κ2) is 7.90. The normalized spacial score (nSPS) is 27.5. The quantitative estimate of drug-likeness (QED) is 0.768. The minimum Gasteiger partial charge on any atom is -0.447 e. The predicted octanol–water partition coefficient (Wildman–Crippen LogP) is 1.91. The highest BCUT2D eigenvalue weighted by atomic mass is 19.1. The molecular formula is C20H25FN4O6. The summed E-state index contributed by atoms with van der Waals surface area (Å²) in [5.41, 5.74) is 6.59. The predicted molar refractivity (Wildman–Crippen MR) is 108 cm³/mol. The first-order chi connectivity index (χ1) is 15.0. The average Bonchev–Trinajstić information content (AvgIpc) is 3.46. The van der Waals surface area contributed by atoms with E-state index in [-0.39, 0.29) is 36.8 Å². The Hall–Kier alpha value is -2.47. The fraction of sp³-hybridized carbons (Fsp3) is 0.600. The maximum atomic E-state index is 15.9. The molecule has 0 saturated carbocycles. The van der Waals surface area contributed by atoms with Gasteiger partial charge in [0, 0.05) is 25.2 Å². The fourth-order valence-corrected chi connectivity index (χ4v) is 4.50. The van der Waals surface area contributed by atoms with Gasteiger partial charge < -0.3 is 34.1 Å². The number of benzene rings is 1. The number of hydrogen-bond acceptors (Lipinski definition) is 9. The molecule has 10 nitrogen and oxygen atoms in total. The van der Waals surface area contributed by atoms with E-state index < -0.39 is 24.2 Å². The van der Waals surface area contributed by atoms with Crippen molar-refractivity contribution in [2.45, 2.75) is 38.4 Å². The molecule has 31 heavy (non-hydrogen) atoms. The van der Waals surface area contributed by atoms with Crippen molar-refractivity contribution in [1.29, 1.82) is 0 Å². The summed E-state index contributed by atoms with van der Waals surface area (Å²) >= 11 is 0. The molecule has 168 valence electrons. The third kappa shape index (κ3) is 3.41. The highest BCUT2D eigenvalue weighted by molar-refractivity contribution is 6.01. The second-order valence-electron chi connectivity index (χ2n) is 8.08. The Bertz CT molecular complexity index is 984. The Morgan fingerprint density at radius 2 is 1.94 bits per heavy atom. The highest BCUT2D eigenvalue weighted by Crippen LogP contribution is 2.42. The van der Waals surface area contributed by atoms with Crippen molar-refractivity contribution < 1.29 is 32.7 Å². The molecule has 2 aromatic rings. The van der Waals surface area contributed by atoms with Gasteiger partial charge in [0.25, 0.3) is 0 Å². The van der Waals surface area contributed by atoms with Crippen LogP contribution in [-0.4, -0.2) is 69.0 Å². The molecule has 2 N–H and O–H groups in total. The van der Waals surface area contributed by atoms with Crippen molar-refractivity contribution in [2.24, 2.45) is 5.73 Å². The third-order valence-electron chi connectivity index (χ3n) is 5.76. The van der Waals surface area contributed by atoms with Gasteiger partial charge in [0.15, 0.2) is 17.9 Å². The Morgan fingerprint density at radius 1 is 1.23 bits per heavy atom. The van der Waals surface area contributed by atoms with Crippen LogP contribution in [0.15, 0.2) is 10.6 Å². The van der Waals surface area contributed by atoms with Crippen molar-refractivity contribution >= 4 is 28.6 Å². The first kappa shape index (κ1) is 20.4. The molecule has 5 rings (SSSR count). The zero-order chi connectivity index (χ0) is 21.7. The van der Waals surface area contributed by atoms with E-state index in [0.29, 0.717) is 42.9 Å². The van der Waals surface area contributed by atoms with E-state index in [1.807, 2.05) is 18.7 Å². The number of hydrogen-bond donors (Lipinski definition) is 1. The molecule has 4 heterocycles. The number of nitrogens with zero attached hydrogens (tertiary/aromatic N) is 3. The van der Waals surface area contributed by atoms with Gasteiger partial charge in [-0.05, 0) is 19.9 Å². The molecule has 3 atom stereocenters. The van der Waals surface area contributed by atoms with Gasteiger partial charge in [0.1, 0.15) is 6.61 Å². The fourth-order valence-electron chi connectivity index (χ4n) is 4.50. The van der Waals surface area contributed by atoms with Crippen LogP contribution in [0.2, 0.25) is 0 Å². The highest BCUT2D eigenvalue weighted by Gasteiger charge is 2.39. The lowest BCUT2D eigenvalue weighted by molar-refractivity contribution is -0.0445. The molecule has 0 radical (unpaired) electrons. The van der Waals surface area contributed by atoms with E-state index in [1.165, 1.54) is 4.90 Å². The topological polar surface area (TPSA) is 113 Å². The number of anilines is 2. The summed E-state index contributed by atoms with van der Waals surface area (Å²) in [7, 11) is 0. The van der Waals surface area contributed by atoms with E-state index in [9.17, 15) is 4.79 Å². The van der Waals surface area contributed by atoms with Crippen LogP contribution in [0.1, 0.15) is 25.7 Å². The van der Waals surface area contributed by atoms with Crippen LogP contribution < -0.4 is 15.5 Å². The monoisotopic (exact) mass is 436 g/mol. The first-order valence-corrected chi connectivity index (χ1v) is 10.4. The maximum absolute atomic E-state index is 15.9. The van der Waals surface area contributed by atoms with E-state index in [0.717, 1.165) is 0 Å². The molecule has 0 spiro atoms. The number of carbonyl (C=O) groups excluding carboxylic acids is 1. The van der Waals surface area contributed by atoms with Crippen molar-refractivity contribution in [2.75, 3.05) is 49.3 Å². The number of morpholine rings is 1. The van der Waals surface area contributed by atoms with Crippen molar-refractivity contribution in [3.05, 3.63) is 17.4 Å². The minimum atomic E-state index is -0.735. The summed E-state index contributed by atoms with van der Waals surface area (Å²) < 4.78 is 43.6. The summed E-state index contributed by atoms with van der Waals surface area (Å²) in [6, 6.07) is 1.31. The Kier molecular flexibility index (Phi) is 5.21. The van der Waals surface area contributed by atoms with Crippen molar-refractivity contribution in [3.63, 3.8) is 0 Å². The number of ether oxygens (including phenoxy) is 4. The van der Waals surface area contributed by atoms with Crippen LogP contribution in [-0.2, 0) is 18.9 Å². The molecule has 3 aliphatic heterocycles.